The number of hydrogen-bond acceptors (Lipinski definition) is 7. The van der Waals surface area contributed by atoms with Gasteiger partial charge in [0.15, 0.2) is 0 Å². The van der Waals surface area contributed by atoms with E-state index in [4.69, 9.17) is 11.5 Å². The summed E-state index contributed by atoms with van der Waals surface area (Å²) < 4.78 is 14.5. The first-order valence-electron chi connectivity index (χ1n) is 13.9. The normalized spacial score (nSPS) is 34.0. The van der Waals surface area contributed by atoms with Crippen LogP contribution in [0.15, 0.2) is 4.99 Å². The Hall–Kier alpha value is -1.62. The van der Waals surface area contributed by atoms with E-state index in [2.05, 4.69) is 20.5 Å². The number of carboxylic acid groups (broad SMARTS) is 1. The third kappa shape index (κ3) is 6.62. The Kier molecular flexibility index (Phi) is 9.35. The minimum absolute atomic E-state index is 0.00183. The Labute approximate surface area is 214 Å². The van der Waals surface area contributed by atoms with Crippen molar-refractivity contribution in [2.45, 2.75) is 101 Å². The Bertz CT molecular complexity index is 782. The molecule has 3 fully saturated rings. The number of nitrogens with one attached hydrogen (secondary N) is 2. The van der Waals surface area contributed by atoms with E-state index >= 15 is 0 Å². The van der Waals surface area contributed by atoms with Gasteiger partial charge in [0, 0.05) is 18.8 Å². The maximum absolute atomic E-state index is 14.5. The standard InChI is InChI=1S/C26H45FN6O3/c27-18-4-10-26(8-2-1-3-9-26)14-19(31-15-18)22(23(28)29)24(34)32-20-16-30-11-5-21(20)33-12-6-17(7-13-33)25(35)36/h15,17-23,30H,1-14,16,28-29H2,(H,32,34)(H,35,36)/b31-15-. The van der Waals surface area contributed by atoms with Crippen LogP contribution in [0, 0.1) is 17.3 Å². The van der Waals surface area contributed by atoms with Crippen LogP contribution in [-0.4, -0.2) is 84.7 Å². The van der Waals surface area contributed by atoms with Crippen molar-refractivity contribution in [2.75, 3.05) is 26.2 Å². The molecule has 0 radical (unpaired) electrons. The molecule has 0 bridgehead atoms. The summed E-state index contributed by atoms with van der Waals surface area (Å²) in [6, 6.07) is -0.452. The second-order valence-corrected chi connectivity index (χ2v) is 11.6. The first kappa shape index (κ1) is 27.4. The van der Waals surface area contributed by atoms with Gasteiger partial charge in [-0.3, -0.25) is 19.5 Å². The zero-order valence-corrected chi connectivity index (χ0v) is 21.4. The van der Waals surface area contributed by atoms with Gasteiger partial charge in [-0.15, -0.1) is 0 Å². The van der Waals surface area contributed by atoms with Crippen LogP contribution < -0.4 is 22.1 Å². The molecule has 5 unspecified atom stereocenters. The SMILES string of the molecule is NC(N)C(C(=O)NC1CNCCC1N1CCC(C(=O)O)CC1)C1CC2(CCCCC2)CCC(F)/C=N\1. The molecule has 7 N–H and O–H groups in total. The lowest BCUT2D eigenvalue weighted by Crippen LogP contribution is -2.63. The largest absolute Gasteiger partial charge is 0.481 e. The summed E-state index contributed by atoms with van der Waals surface area (Å²) >= 11 is 0. The predicted molar refractivity (Wildman–Crippen MR) is 137 cm³/mol. The van der Waals surface area contributed by atoms with Crippen LogP contribution >= 0.6 is 0 Å². The molecule has 2 saturated heterocycles. The Balaban J connectivity index is 1.47. The Morgan fingerprint density at radius 1 is 1.11 bits per heavy atom. The van der Waals surface area contributed by atoms with Gasteiger partial charge >= 0.3 is 5.97 Å². The summed E-state index contributed by atoms with van der Waals surface area (Å²) in [5, 5.41) is 16.0. The van der Waals surface area contributed by atoms with E-state index in [0.717, 1.165) is 45.1 Å². The van der Waals surface area contributed by atoms with Crippen molar-refractivity contribution in [1.82, 2.24) is 15.5 Å². The van der Waals surface area contributed by atoms with E-state index in [9.17, 15) is 19.1 Å². The summed E-state index contributed by atoms with van der Waals surface area (Å²) in [5.74, 6) is -1.96. The minimum Gasteiger partial charge on any atom is -0.481 e. The third-order valence-corrected chi connectivity index (χ3v) is 9.20. The molecule has 1 spiro atoms. The van der Waals surface area contributed by atoms with Crippen molar-refractivity contribution in [3.05, 3.63) is 0 Å². The van der Waals surface area contributed by atoms with E-state index in [0.29, 0.717) is 45.3 Å². The highest BCUT2D eigenvalue weighted by Crippen LogP contribution is 2.46. The second-order valence-electron chi connectivity index (χ2n) is 11.6. The van der Waals surface area contributed by atoms with Crippen molar-refractivity contribution in [3.63, 3.8) is 0 Å². The molecule has 1 saturated carbocycles. The summed E-state index contributed by atoms with van der Waals surface area (Å²) in [5.41, 5.74) is 12.4. The highest BCUT2D eigenvalue weighted by atomic mass is 19.1. The topological polar surface area (TPSA) is 146 Å². The molecular formula is C26H45FN6O3. The van der Waals surface area contributed by atoms with Crippen LogP contribution in [-0.2, 0) is 9.59 Å². The molecule has 0 aromatic rings. The van der Waals surface area contributed by atoms with Gasteiger partial charge in [0.25, 0.3) is 0 Å². The number of carbonyl (C=O) groups excluding carboxylic acids is 1. The summed E-state index contributed by atoms with van der Waals surface area (Å²) in [4.78, 5) is 32.0. The second kappa shape index (κ2) is 12.3. The number of likely N-dealkylation sites (tertiary alicyclic amines) is 1. The number of carbonyl (C=O) groups is 2. The molecule has 0 aromatic heterocycles. The van der Waals surface area contributed by atoms with Gasteiger partial charge < -0.3 is 27.2 Å². The number of aliphatic imine (C=N–C) groups is 1. The molecular weight excluding hydrogens is 463 g/mol. The number of nitrogens with zero attached hydrogens (tertiary/aromatic N) is 2. The van der Waals surface area contributed by atoms with Gasteiger partial charge in [0.2, 0.25) is 5.91 Å². The van der Waals surface area contributed by atoms with E-state index in [1.54, 1.807) is 0 Å². The van der Waals surface area contributed by atoms with Gasteiger partial charge in [-0.25, -0.2) is 4.39 Å². The van der Waals surface area contributed by atoms with Crippen molar-refractivity contribution in [1.29, 1.82) is 0 Å². The highest BCUT2D eigenvalue weighted by molar-refractivity contribution is 5.81. The zero-order chi connectivity index (χ0) is 25.7. The third-order valence-electron chi connectivity index (χ3n) is 9.20. The van der Waals surface area contributed by atoms with Crippen LogP contribution in [0.25, 0.3) is 0 Å². The Morgan fingerprint density at radius 3 is 2.50 bits per heavy atom. The number of carboxylic acids is 1. The van der Waals surface area contributed by atoms with E-state index in [-0.39, 0.29) is 29.3 Å². The van der Waals surface area contributed by atoms with Crippen LogP contribution in [0.4, 0.5) is 4.39 Å². The number of alkyl halides is 1. The van der Waals surface area contributed by atoms with Gasteiger partial charge in [0.05, 0.1) is 30.1 Å². The van der Waals surface area contributed by atoms with E-state index < -0.39 is 30.3 Å². The number of hydrogen-bond donors (Lipinski definition) is 5. The summed E-state index contributed by atoms with van der Waals surface area (Å²) in [6.45, 7) is 2.90. The molecule has 1 amide bonds. The van der Waals surface area contributed by atoms with Crippen LogP contribution in [0.5, 0.6) is 0 Å². The van der Waals surface area contributed by atoms with Crippen molar-refractivity contribution in [2.24, 2.45) is 33.7 Å². The lowest BCUT2D eigenvalue weighted by molar-refractivity contribution is -0.143. The number of nitrogens with two attached hydrogens (primary N) is 2. The predicted octanol–water partition coefficient (Wildman–Crippen LogP) is 1.40. The average molecular weight is 509 g/mol. The molecule has 36 heavy (non-hydrogen) atoms. The van der Waals surface area contributed by atoms with Crippen LogP contribution in [0.3, 0.4) is 0 Å². The fourth-order valence-electron chi connectivity index (χ4n) is 7.09. The van der Waals surface area contributed by atoms with Gasteiger partial charge in [0.1, 0.15) is 6.17 Å². The van der Waals surface area contributed by atoms with Crippen molar-refractivity contribution in [3.8, 4) is 0 Å². The maximum atomic E-state index is 14.5. The molecule has 10 heteroatoms. The number of amides is 1. The van der Waals surface area contributed by atoms with E-state index in [1.165, 1.54) is 12.6 Å². The maximum Gasteiger partial charge on any atom is 0.306 e. The van der Waals surface area contributed by atoms with Gasteiger partial charge in [-0.05, 0) is 76.4 Å². The number of halogens is 1. The van der Waals surface area contributed by atoms with Crippen LogP contribution in [0.2, 0.25) is 0 Å². The molecule has 4 aliphatic rings. The molecule has 0 aromatic carbocycles. The molecule has 9 nitrogen and oxygen atoms in total. The fraction of sp³-hybridized carbons (Fsp3) is 0.885. The Morgan fingerprint density at radius 2 is 1.83 bits per heavy atom. The smallest absolute Gasteiger partial charge is 0.306 e. The first-order chi connectivity index (χ1) is 17.3. The number of aliphatic carboxylic acids is 1. The lowest BCUT2D eigenvalue weighted by Gasteiger charge is -2.44. The van der Waals surface area contributed by atoms with Crippen molar-refractivity contribution >= 4 is 18.1 Å². The lowest BCUT2D eigenvalue weighted by atomic mass is 9.65. The molecule has 3 aliphatic heterocycles. The van der Waals surface area contributed by atoms with E-state index in [1.807, 2.05) is 0 Å². The molecule has 5 atom stereocenters. The monoisotopic (exact) mass is 508 g/mol. The number of piperidine rings is 2. The first-order valence-corrected chi connectivity index (χ1v) is 13.9. The number of rotatable bonds is 6. The van der Waals surface area contributed by atoms with Gasteiger partial charge in [-0.1, -0.05) is 19.3 Å². The quantitative estimate of drug-likeness (QED) is 0.341. The highest BCUT2D eigenvalue weighted by Gasteiger charge is 2.43. The molecule has 4 rings (SSSR count). The minimum atomic E-state index is -1.11. The average Bonchev–Trinajstić information content (AvgIpc) is 2.86. The molecule has 204 valence electrons. The fourth-order valence-corrected chi connectivity index (χ4v) is 7.09. The van der Waals surface area contributed by atoms with Gasteiger partial charge in [-0.2, -0.15) is 0 Å². The summed E-state index contributed by atoms with van der Waals surface area (Å²) in [6.07, 6.45) is 9.04. The van der Waals surface area contributed by atoms with Crippen LogP contribution in [0.1, 0.15) is 70.6 Å². The molecule has 3 heterocycles. The zero-order valence-electron chi connectivity index (χ0n) is 21.4. The summed E-state index contributed by atoms with van der Waals surface area (Å²) in [7, 11) is 0. The molecule has 1 aliphatic carbocycles. The van der Waals surface area contributed by atoms with Crippen molar-refractivity contribution < 1.29 is 19.1 Å².